The number of esters is 1. The summed E-state index contributed by atoms with van der Waals surface area (Å²) in [4.78, 5) is 39.9. The highest BCUT2D eigenvalue weighted by atomic mass is 32.1. The van der Waals surface area contributed by atoms with Crippen LogP contribution in [0.5, 0.6) is 0 Å². The zero-order chi connectivity index (χ0) is 20.7. The van der Waals surface area contributed by atoms with Crippen LogP contribution in [-0.4, -0.2) is 34.9 Å². The lowest BCUT2D eigenvalue weighted by molar-refractivity contribution is -0.159. The molecule has 29 heavy (non-hydrogen) atoms. The molecule has 0 amide bonds. The number of rotatable bonds is 7. The molecule has 2 aliphatic heterocycles. The van der Waals surface area contributed by atoms with Crippen molar-refractivity contribution in [3.8, 4) is 0 Å². The van der Waals surface area contributed by atoms with Crippen LogP contribution in [0, 0.1) is 18.8 Å². The highest BCUT2D eigenvalue weighted by Gasteiger charge is 2.48. The number of aliphatic hydroxyl groups excluding tert-OH is 1. The molecule has 0 spiro atoms. The van der Waals surface area contributed by atoms with Gasteiger partial charge >= 0.3 is 5.97 Å². The van der Waals surface area contributed by atoms with Crippen molar-refractivity contribution in [3.05, 3.63) is 45.6 Å². The smallest absolute Gasteiger partial charge is 0.339 e. The Morgan fingerprint density at radius 1 is 1.24 bits per heavy atom. The molecule has 3 aliphatic rings. The molecule has 154 valence electrons. The minimum Gasteiger partial charge on any atom is -0.504 e. The fourth-order valence-electron chi connectivity index (χ4n) is 4.17. The SMILES string of the molecule is CCC(CC1OC=CC1=O)C1OC(=O)C(C(c2ccc(C)s2)C2CC2)=C(O)C1=O. The van der Waals surface area contributed by atoms with Gasteiger partial charge in [-0.05, 0) is 50.7 Å². The van der Waals surface area contributed by atoms with E-state index in [9.17, 15) is 19.5 Å². The van der Waals surface area contributed by atoms with Crippen molar-refractivity contribution in [2.75, 3.05) is 0 Å². The Hall–Kier alpha value is -2.41. The van der Waals surface area contributed by atoms with Gasteiger partial charge in [0, 0.05) is 27.7 Å². The molecule has 4 atom stereocenters. The monoisotopic (exact) mass is 416 g/mol. The number of aryl methyl sites for hydroxylation is 1. The van der Waals surface area contributed by atoms with Crippen molar-refractivity contribution in [2.24, 2.45) is 11.8 Å². The van der Waals surface area contributed by atoms with Gasteiger partial charge in [0.25, 0.3) is 0 Å². The second-order valence-electron chi connectivity index (χ2n) is 7.95. The Balaban J connectivity index is 1.61. The number of carbonyl (C=O) groups excluding carboxylic acids is 3. The van der Waals surface area contributed by atoms with Crippen LogP contribution >= 0.6 is 11.3 Å². The van der Waals surface area contributed by atoms with Crippen molar-refractivity contribution in [2.45, 2.75) is 57.7 Å². The molecule has 1 aliphatic carbocycles. The van der Waals surface area contributed by atoms with Crippen LogP contribution in [0.2, 0.25) is 0 Å². The van der Waals surface area contributed by atoms with E-state index in [1.165, 1.54) is 12.3 Å². The van der Waals surface area contributed by atoms with Crippen LogP contribution in [0.4, 0.5) is 0 Å². The maximum Gasteiger partial charge on any atom is 0.339 e. The van der Waals surface area contributed by atoms with E-state index in [0.29, 0.717) is 6.42 Å². The highest BCUT2D eigenvalue weighted by molar-refractivity contribution is 7.12. The van der Waals surface area contributed by atoms with Gasteiger partial charge in [-0.2, -0.15) is 0 Å². The third-order valence-electron chi connectivity index (χ3n) is 5.93. The summed E-state index contributed by atoms with van der Waals surface area (Å²) in [6, 6.07) is 3.93. The van der Waals surface area contributed by atoms with E-state index < -0.39 is 35.6 Å². The van der Waals surface area contributed by atoms with E-state index in [2.05, 4.69) is 0 Å². The van der Waals surface area contributed by atoms with Gasteiger partial charge in [0.05, 0.1) is 11.8 Å². The van der Waals surface area contributed by atoms with Gasteiger partial charge in [-0.1, -0.05) is 6.92 Å². The third kappa shape index (κ3) is 3.75. The predicted octanol–water partition coefficient (Wildman–Crippen LogP) is 3.75. The molecule has 0 bridgehead atoms. The minimum absolute atomic E-state index is 0.0836. The summed E-state index contributed by atoms with van der Waals surface area (Å²) >= 11 is 1.57. The lowest BCUT2D eigenvalue weighted by Crippen LogP contribution is -2.43. The molecule has 3 heterocycles. The van der Waals surface area contributed by atoms with E-state index in [1.807, 2.05) is 26.0 Å². The summed E-state index contributed by atoms with van der Waals surface area (Å²) in [5.41, 5.74) is 0.0836. The lowest BCUT2D eigenvalue weighted by atomic mass is 9.83. The molecule has 1 aromatic heterocycles. The predicted molar refractivity (Wildman–Crippen MR) is 106 cm³/mol. The first-order valence-electron chi connectivity index (χ1n) is 10.0. The summed E-state index contributed by atoms with van der Waals surface area (Å²) in [7, 11) is 0. The number of thiophene rings is 1. The average Bonchev–Trinajstić information content (AvgIpc) is 3.31. The van der Waals surface area contributed by atoms with Crippen molar-refractivity contribution in [3.63, 3.8) is 0 Å². The van der Waals surface area contributed by atoms with E-state index in [4.69, 9.17) is 9.47 Å². The fraction of sp³-hybridized carbons (Fsp3) is 0.500. The van der Waals surface area contributed by atoms with Gasteiger partial charge < -0.3 is 14.6 Å². The van der Waals surface area contributed by atoms with Crippen molar-refractivity contribution in [1.29, 1.82) is 0 Å². The molecular formula is C22H24O6S. The summed E-state index contributed by atoms with van der Waals surface area (Å²) < 4.78 is 10.9. The Kier molecular flexibility index (Phi) is 5.34. The van der Waals surface area contributed by atoms with Gasteiger partial charge in [0.15, 0.2) is 23.8 Å². The van der Waals surface area contributed by atoms with E-state index >= 15 is 0 Å². The molecule has 6 nitrogen and oxygen atoms in total. The average molecular weight is 416 g/mol. The second kappa shape index (κ2) is 7.78. The Morgan fingerprint density at radius 3 is 2.55 bits per heavy atom. The van der Waals surface area contributed by atoms with Gasteiger partial charge in [-0.25, -0.2) is 4.79 Å². The van der Waals surface area contributed by atoms with Crippen LogP contribution in [0.3, 0.4) is 0 Å². The minimum atomic E-state index is -1.10. The summed E-state index contributed by atoms with van der Waals surface area (Å²) in [6.45, 7) is 3.84. The van der Waals surface area contributed by atoms with Crippen molar-refractivity contribution < 1.29 is 29.0 Å². The number of ketones is 2. The normalized spacial score (nSPS) is 26.5. The molecular weight excluding hydrogens is 392 g/mol. The van der Waals surface area contributed by atoms with E-state index in [0.717, 1.165) is 22.6 Å². The largest absolute Gasteiger partial charge is 0.504 e. The number of aliphatic hydroxyl groups is 1. The van der Waals surface area contributed by atoms with Gasteiger partial charge in [0.1, 0.15) is 0 Å². The summed E-state index contributed by atoms with van der Waals surface area (Å²) in [6.07, 6.45) is 3.59. The Labute approximate surface area is 173 Å². The molecule has 1 fully saturated rings. The Bertz CT molecular complexity index is 906. The number of hydrogen-bond acceptors (Lipinski definition) is 7. The molecule has 1 aromatic rings. The highest BCUT2D eigenvalue weighted by Crippen LogP contribution is 2.50. The molecule has 0 aromatic carbocycles. The van der Waals surface area contributed by atoms with E-state index in [-0.39, 0.29) is 29.6 Å². The molecule has 0 radical (unpaired) electrons. The maximum atomic E-state index is 13.0. The summed E-state index contributed by atoms with van der Waals surface area (Å²) in [5.74, 6) is -2.35. The topological polar surface area (TPSA) is 89.9 Å². The fourth-order valence-corrected chi connectivity index (χ4v) is 5.25. The summed E-state index contributed by atoms with van der Waals surface area (Å²) in [5, 5.41) is 10.8. The molecule has 4 rings (SSSR count). The second-order valence-corrected chi connectivity index (χ2v) is 9.27. The van der Waals surface area contributed by atoms with Gasteiger partial charge in [-0.3, -0.25) is 9.59 Å². The van der Waals surface area contributed by atoms with Crippen molar-refractivity contribution in [1.82, 2.24) is 0 Å². The maximum absolute atomic E-state index is 13.0. The zero-order valence-corrected chi connectivity index (χ0v) is 17.2. The first-order valence-corrected chi connectivity index (χ1v) is 10.8. The van der Waals surface area contributed by atoms with Crippen LogP contribution in [-0.2, 0) is 23.9 Å². The first kappa shape index (κ1) is 19.9. The van der Waals surface area contributed by atoms with Crippen molar-refractivity contribution >= 4 is 28.9 Å². The standard InChI is InChI=1S/C22H24O6S/c1-3-12(10-15-14(23)8-9-27-15)21-20(25)19(24)18(22(26)28-21)17(13-5-6-13)16-7-4-11(2)29-16/h4,7-9,12-13,15,17,21,24H,3,5-6,10H2,1-2H3. The first-order chi connectivity index (χ1) is 13.9. The van der Waals surface area contributed by atoms with Crippen LogP contribution in [0.25, 0.3) is 0 Å². The molecule has 1 saturated carbocycles. The number of cyclic esters (lactones) is 1. The number of ether oxygens (including phenoxy) is 2. The number of Topliss-reactive ketones (excluding diaryl/α,β-unsaturated/α-hetero) is 1. The number of hydrogen-bond donors (Lipinski definition) is 1. The molecule has 0 saturated heterocycles. The third-order valence-corrected chi connectivity index (χ3v) is 7.02. The van der Waals surface area contributed by atoms with E-state index in [1.54, 1.807) is 11.3 Å². The molecule has 4 unspecified atom stereocenters. The Morgan fingerprint density at radius 2 is 2.00 bits per heavy atom. The molecule has 7 heteroatoms. The van der Waals surface area contributed by atoms with Crippen LogP contribution in [0.15, 0.2) is 35.8 Å². The quantitative estimate of drug-likeness (QED) is 0.681. The van der Waals surface area contributed by atoms with Crippen LogP contribution in [0.1, 0.15) is 48.3 Å². The zero-order valence-electron chi connectivity index (χ0n) is 16.4. The lowest BCUT2D eigenvalue weighted by Gasteiger charge is -2.32. The molecule has 1 N–H and O–H groups in total. The van der Waals surface area contributed by atoms with Gasteiger partial charge in [-0.15, -0.1) is 11.3 Å². The number of carbonyl (C=O) groups is 3. The van der Waals surface area contributed by atoms with Gasteiger partial charge in [0.2, 0.25) is 5.78 Å². The van der Waals surface area contributed by atoms with Crippen LogP contribution < -0.4 is 0 Å².